The standard InChI is InChI=1S/C40H47N3O13S3/c1-23-9-15-27(16-10-23)57(47,48)41-30-21-31(42-58(49,50)28-17-11-24(2)12-18-28)37(36(46)34(30)44)55-40-35(45)33(43-59(51,52)29-19-13-25(3)14-20-29)38-32(54-40)22-53-39(56-38)26-7-5-4-6-8-26/h4-20,30-46H,21-22H2,1-3H3/t30-,31+,32+,33+,34+,35+,36-,37-,38+,39?,40+/m0/s1. The van der Waals surface area contributed by atoms with Crippen molar-refractivity contribution in [1.29, 1.82) is 0 Å². The van der Waals surface area contributed by atoms with Crippen LogP contribution in [0.2, 0.25) is 0 Å². The van der Waals surface area contributed by atoms with Crippen molar-refractivity contribution in [3.63, 3.8) is 0 Å². The van der Waals surface area contributed by atoms with E-state index in [1.807, 2.05) is 0 Å². The molecule has 318 valence electrons. The van der Waals surface area contributed by atoms with E-state index in [0.717, 1.165) is 16.7 Å². The second kappa shape index (κ2) is 17.4. The summed E-state index contributed by atoms with van der Waals surface area (Å²) in [6, 6.07) is 22.3. The van der Waals surface area contributed by atoms with Gasteiger partial charge in [-0.05, 0) is 63.6 Å². The Labute approximate surface area is 343 Å². The van der Waals surface area contributed by atoms with Gasteiger partial charge in [0.05, 0.1) is 45.5 Å². The maximum Gasteiger partial charge on any atom is 0.241 e. The van der Waals surface area contributed by atoms with Crippen molar-refractivity contribution in [3.05, 3.63) is 125 Å². The third kappa shape index (κ3) is 9.62. The fourth-order valence-corrected chi connectivity index (χ4v) is 11.1. The molecule has 0 radical (unpaired) electrons. The van der Waals surface area contributed by atoms with E-state index in [2.05, 4.69) is 14.2 Å². The summed E-state index contributed by atoms with van der Waals surface area (Å²) in [5.74, 6) is 0. The number of hydrogen-bond donors (Lipinski definition) is 6. The minimum atomic E-state index is -4.38. The van der Waals surface area contributed by atoms with Gasteiger partial charge in [-0.25, -0.2) is 39.4 Å². The van der Waals surface area contributed by atoms with Crippen LogP contribution >= 0.6 is 0 Å². The van der Waals surface area contributed by atoms with Crippen LogP contribution in [0.15, 0.2) is 118 Å². The predicted octanol–water partition coefficient (Wildman–Crippen LogP) is 1.66. The second-order valence-electron chi connectivity index (χ2n) is 15.1. The van der Waals surface area contributed by atoms with E-state index < -0.39 is 104 Å². The number of sulfonamides is 3. The highest BCUT2D eigenvalue weighted by Crippen LogP contribution is 2.37. The Morgan fingerprint density at radius 3 is 1.56 bits per heavy atom. The van der Waals surface area contributed by atoms with E-state index in [4.69, 9.17) is 18.9 Å². The van der Waals surface area contributed by atoms with Crippen LogP contribution < -0.4 is 14.2 Å². The number of aliphatic hydroxyl groups excluding tert-OH is 3. The summed E-state index contributed by atoms with van der Waals surface area (Å²) in [6.07, 6.45) is -12.8. The molecule has 7 rings (SSSR count). The van der Waals surface area contributed by atoms with Gasteiger partial charge in [-0.3, -0.25) is 0 Å². The lowest BCUT2D eigenvalue weighted by Gasteiger charge is -2.50. The van der Waals surface area contributed by atoms with E-state index in [1.54, 1.807) is 87.5 Å². The Morgan fingerprint density at radius 2 is 1.05 bits per heavy atom. The highest BCUT2D eigenvalue weighted by molar-refractivity contribution is 7.90. The second-order valence-corrected chi connectivity index (χ2v) is 20.2. The molecule has 1 unspecified atom stereocenters. The fraction of sp³-hybridized carbons (Fsp3) is 0.400. The molecule has 0 bridgehead atoms. The molecule has 3 fully saturated rings. The molecule has 2 heterocycles. The molecule has 2 saturated heterocycles. The number of aliphatic hydroxyl groups is 3. The molecule has 0 spiro atoms. The molecule has 16 nitrogen and oxygen atoms in total. The third-order valence-electron chi connectivity index (χ3n) is 10.6. The first-order valence-electron chi connectivity index (χ1n) is 18.9. The summed E-state index contributed by atoms with van der Waals surface area (Å²) in [6.45, 7) is 5.18. The first kappa shape index (κ1) is 43.4. The van der Waals surface area contributed by atoms with Crippen molar-refractivity contribution < 1.29 is 59.5 Å². The van der Waals surface area contributed by atoms with Gasteiger partial charge in [0.15, 0.2) is 12.6 Å². The predicted molar refractivity (Wildman–Crippen MR) is 212 cm³/mol. The largest absolute Gasteiger partial charge is 0.389 e. The van der Waals surface area contributed by atoms with Crippen LogP contribution in [0.1, 0.15) is 35.0 Å². The van der Waals surface area contributed by atoms with Crippen LogP contribution in [0.3, 0.4) is 0 Å². The van der Waals surface area contributed by atoms with Gasteiger partial charge < -0.3 is 34.3 Å². The highest BCUT2D eigenvalue weighted by atomic mass is 32.2. The lowest BCUT2D eigenvalue weighted by Crippen LogP contribution is -2.70. The van der Waals surface area contributed by atoms with Gasteiger partial charge in [-0.2, -0.15) is 0 Å². The molecule has 1 saturated carbocycles. The Kier molecular flexibility index (Phi) is 12.8. The minimum absolute atomic E-state index is 0.0991. The topological polar surface area (TPSA) is 236 Å². The average Bonchev–Trinajstić information content (AvgIpc) is 3.20. The first-order valence-corrected chi connectivity index (χ1v) is 23.3. The highest BCUT2D eigenvalue weighted by Gasteiger charge is 2.54. The normalized spacial score (nSPS) is 30.4. The van der Waals surface area contributed by atoms with Crippen LogP contribution in [-0.2, 0) is 49.0 Å². The molecule has 3 aliphatic rings. The summed E-state index contributed by atoms with van der Waals surface area (Å²) < 4.78 is 114. The zero-order chi connectivity index (χ0) is 42.3. The molecule has 1 aliphatic carbocycles. The van der Waals surface area contributed by atoms with Gasteiger partial charge in [0.2, 0.25) is 30.1 Å². The van der Waals surface area contributed by atoms with Crippen LogP contribution in [0.4, 0.5) is 0 Å². The molecule has 0 amide bonds. The number of aryl methyl sites for hydroxylation is 3. The Hall–Kier alpha value is -3.67. The molecule has 4 aromatic rings. The van der Waals surface area contributed by atoms with Crippen molar-refractivity contribution in [2.75, 3.05) is 6.61 Å². The molecular formula is C40H47N3O13S3. The van der Waals surface area contributed by atoms with E-state index in [-0.39, 0.29) is 21.3 Å². The lowest BCUT2D eigenvalue weighted by molar-refractivity contribution is -0.354. The molecule has 6 N–H and O–H groups in total. The number of benzene rings is 4. The quantitative estimate of drug-likeness (QED) is 0.119. The summed E-state index contributed by atoms with van der Waals surface area (Å²) in [5.41, 5.74) is 3.02. The number of rotatable bonds is 12. The van der Waals surface area contributed by atoms with Gasteiger partial charge in [0, 0.05) is 5.56 Å². The Balaban J connectivity index is 1.20. The van der Waals surface area contributed by atoms with Crippen molar-refractivity contribution in [1.82, 2.24) is 14.2 Å². The number of nitrogens with one attached hydrogen (secondary N) is 3. The van der Waals surface area contributed by atoms with Crippen molar-refractivity contribution >= 4 is 30.1 Å². The smallest absolute Gasteiger partial charge is 0.241 e. The summed E-state index contributed by atoms with van der Waals surface area (Å²) >= 11 is 0. The van der Waals surface area contributed by atoms with E-state index in [1.165, 1.54) is 36.4 Å². The van der Waals surface area contributed by atoms with Crippen molar-refractivity contribution in [3.8, 4) is 0 Å². The monoisotopic (exact) mass is 873 g/mol. The average molecular weight is 874 g/mol. The number of hydrogen-bond acceptors (Lipinski definition) is 13. The summed E-state index contributed by atoms with van der Waals surface area (Å²) in [4.78, 5) is -0.372. The van der Waals surface area contributed by atoms with E-state index >= 15 is 0 Å². The Bertz CT molecular complexity index is 2410. The van der Waals surface area contributed by atoms with Gasteiger partial charge in [-0.15, -0.1) is 0 Å². The third-order valence-corrected chi connectivity index (χ3v) is 15.1. The Morgan fingerprint density at radius 1 is 0.576 bits per heavy atom. The first-order chi connectivity index (χ1) is 27.9. The molecular weight excluding hydrogens is 827 g/mol. The van der Waals surface area contributed by atoms with Crippen molar-refractivity contribution in [2.45, 2.75) is 109 Å². The van der Waals surface area contributed by atoms with Crippen LogP contribution in [0.25, 0.3) is 0 Å². The fourth-order valence-electron chi connectivity index (χ4n) is 7.34. The van der Waals surface area contributed by atoms with E-state index in [0.29, 0.717) is 5.56 Å². The zero-order valence-corrected chi connectivity index (χ0v) is 34.7. The maximum atomic E-state index is 13.8. The molecule has 0 aromatic heterocycles. The molecule has 59 heavy (non-hydrogen) atoms. The lowest BCUT2D eigenvalue weighted by atomic mass is 9.84. The number of ether oxygens (including phenoxy) is 4. The molecule has 2 aliphatic heterocycles. The maximum absolute atomic E-state index is 13.8. The van der Waals surface area contributed by atoms with Gasteiger partial charge in [0.25, 0.3) is 0 Å². The zero-order valence-electron chi connectivity index (χ0n) is 32.2. The SMILES string of the molecule is Cc1ccc(S(=O)(=O)N[C@@H]2[C@@H](O)[C@@H](O[C@@H]3[C@@H](O)[C@H](O)[C@@H](NS(=O)(=O)c4ccc(C)cc4)C[C@H]3NS(=O)(=O)c3ccc(C)cc3)O[C@@H]3COC(c4ccccc4)O[C@@H]23)cc1. The number of fused-ring (bicyclic) bond motifs is 1. The summed E-state index contributed by atoms with van der Waals surface area (Å²) in [5, 5.41) is 35.1. The van der Waals surface area contributed by atoms with Crippen molar-refractivity contribution in [2.24, 2.45) is 0 Å². The molecule has 11 atom stereocenters. The van der Waals surface area contributed by atoms with Crippen LogP contribution in [0, 0.1) is 20.8 Å². The van der Waals surface area contributed by atoms with Gasteiger partial charge in [-0.1, -0.05) is 83.4 Å². The van der Waals surface area contributed by atoms with Crippen LogP contribution in [0.5, 0.6) is 0 Å². The van der Waals surface area contributed by atoms with Crippen LogP contribution in [-0.4, -0.2) is 108 Å². The van der Waals surface area contributed by atoms with Gasteiger partial charge >= 0.3 is 0 Å². The molecule has 4 aromatic carbocycles. The minimum Gasteiger partial charge on any atom is -0.389 e. The van der Waals surface area contributed by atoms with Gasteiger partial charge in [0.1, 0.15) is 30.5 Å². The summed E-state index contributed by atoms with van der Waals surface area (Å²) in [7, 11) is -13.0. The van der Waals surface area contributed by atoms with E-state index in [9.17, 15) is 40.6 Å². The molecule has 19 heteroatoms.